The molecule has 2 bridgehead atoms. The molecule has 1 saturated heterocycles. The van der Waals surface area contributed by atoms with Gasteiger partial charge < -0.3 is 20.1 Å². The number of aromatic nitrogens is 1. The van der Waals surface area contributed by atoms with E-state index in [-0.39, 0.29) is 18.4 Å². The molecule has 2 atom stereocenters. The fraction of sp³-hybridized carbons (Fsp3) is 0.318. The largest absolute Gasteiger partial charge is 0.494 e. The minimum absolute atomic E-state index is 0.0515. The summed E-state index contributed by atoms with van der Waals surface area (Å²) in [5.74, 6) is -0.122. The van der Waals surface area contributed by atoms with Gasteiger partial charge in [0.1, 0.15) is 5.60 Å². The Balaban J connectivity index is 1.83. The third-order valence-electron chi connectivity index (χ3n) is 6.31. The number of hydrogen-bond donors (Lipinski definition) is 3. The van der Waals surface area contributed by atoms with E-state index in [1.165, 1.54) is 4.57 Å². The molecule has 0 radical (unpaired) electrons. The van der Waals surface area contributed by atoms with Gasteiger partial charge in [0, 0.05) is 23.8 Å². The molecule has 2 aliphatic rings. The van der Waals surface area contributed by atoms with Crippen LogP contribution in [0.3, 0.4) is 0 Å². The van der Waals surface area contributed by atoms with Crippen molar-refractivity contribution in [2.75, 3.05) is 6.61 Å². The maximum atomic E-state index is 11.2. The first kappa shape index (κ1) is 17.1. The van der Waals surface area contributed by atoms with Gasteiger partial charge in [0.2, 0.25) is 11.8 Å². The monoisotopic (exact) mass is 376 g/mol. The van der Waals surface area contributed by atoms with E-state index in [1.807, 2.05) is 31.2 Å². The lowest BCUT2D eigenvalue weighted by molar-refractivity contribution is -0.0887. The molecule has 1 aromatic heterocycles. The van der Waals surface area contributed by atoms with E-state index in [9.17, 15) is 20.6 Å². The predicted octanol–water partition coefficient (Wildman–Crippen LogP) is 3.53. The topological polar surface area (TPSA) is 98.6 Å². The molecule has 2 aliphatic heterocycles. The molecule has 28 heavy (non-hydrogen) atoms. The molecule has 0 saturated carbocycles. The van der Waals surface area contributed by atoms with Crippen molar-refractivity contribution in [1.82, 2.24) is 4.57 Å². The Kier molecular flexibility index (Phi) is 3.36. The van der Waals surface area contributed by atoms with Crippen LogP contribution >= 0.6 is 0 Å². The summed E-state index contributed by atoms with van der Waals surface area (Å²) in [6.07, 6.45) is 1.76. The number of nitrogens with zero attached hydrogens (tertiary/aromatic N) is 2. The molecule has 0 spiro atoms. The van der Waals surface area contributed by atoms with Crippen molar-refractivity contribution in [3.8, 4) is 23.5 Å². The number of nitriles is 1. The summed E-state index contributed by atoms with van der Waals surface area (Å²) in [5.41, 5.74) is 0.819. The zero-order chi connectivity index (χ0) is 19.7. The third kappa shape index (κ3) is 1.93. The Bertz CT molecular complexity index is 1170. The van der Waals surface area contributed by atoms with E-state index in [0.29, 0.717) is 41.6 Å². The molecule has 0 amide bonds. The minimum Gasteiger partial charge on any atom is -0.494 e. The average Bonchev–Trinajstić information content (AvgIpc) is 3.26. The van der Waals surface area contributed by atoms with E-state index in [4.69, 9.17) is 4.74 Å². The molecule has 3 aromatic rings. The molecule has 142 valence electrons. The lowest BCUT2D eigenvalue weighted by Crippen LogP contribution is -2.24. The fourth-order valence-electron chi connectivity index (χ4n) is 5.09. The van der Waals surface area contributed by atoms with E-state index < -0.39 is 11.2 Å². The van der Waals surface area contributed by atoms with Gasteiger partial charge in [-0.2, -0.15) is 5.26 Å². The summed E-state index contributed by atoms with van der Waals surface area (Å²) >= 11 is 0. The number of fused-ring (bicyclic) bond motifs is 6. The standard InChI is InChI=1S/C22H20N2O4/c1-21-8-9-22(28-21,10-11-25)18-17(21)19(26)24(20(18)27)16-7-6-13(12-23)14-4-2-3-5-15(14)16/h2-7,25-27H,8-11H2,1H3/t21-,22-/m1/s1. The second kappa shape index (κ2) is 5.51. The van der Waals surface area contributed by atoms with E-state index >= 15 is 0 Å². The van der Waals surface area contributed by atoms with Crippen LogP contribution in [0.1, 0.15) is 42.9 Å². The van der Waals surface area contributed by atoms with E-state index in [1.54, 1.807) is 12.1 Å². The average molecular weight is 376 g/mol. The van der Waals surface area contributed by atoms with Crippen LogP contribution in [0.25, 0.3) is 16.5 Å². The van der Waals surface area contributed by atoms with Gasteiger partial charge in [-0.1, -0.05) is 24.3 Å². The zero-order valence-corrected chi connectivity index (χ0v) is 15.4. The molecular weight excluding hydrogens is 356 g/mol. The molecule has 1 fully saturated rings. The van der Waals surface area contributed by atoms with Crippen LogP contribution in [-0.2, 0) is 15.9 Å². The van der Waals surface area contributed by atoms with Crippen LogP contribution in [0.2, 0.25) is 0 Å². The van der Waals surface area contributed by atoms with E-state index in [2.05, 4.69) is 6.07 Å². The summed E-state index contributed by atoms with van der Waals surface area (Å²) in [6.45, 7) is 1.85. The maximum absolute atomic E-state index is 11.2. The minimum atomic E-state index is -0.784. The maximum Gasteiger partial charge on any atom is 0.205 e. The van der Waals surface area contributed by atoms with Crippen LogP contribution in [-0.4, -0.2) is 26.5 Å². The lowest BCUT2D eigenvalue weighted by Gasteiger charge is -2.25. The molecule has 3 heterocycles. The molecule has 0 unspecified atom stereocenters. The van der Waals surface area contributed by atoms with Crippen LogP contribution in [0.15, 0.2) is 36.4 Å². The number of aromatic hydroxyl groups is 2. The molecule has 0 aliphatic carbocycles. The lowest BCUT2D eigenvalue weighted by atomic mass is 9.78. The van der Waals surface area contributed by atoms with Crippen LogP contribution in [0.5, 0.6) is 11.8 Å². The molecule has 3 N–H and O–H groups in total. The van der Waals surface area contributed by atoms with Crippen LogP contribution in [0.4, 0.5) is 0 Å². The Hall–Kier alpha value is -3.01. The summed E-state index contributed by atoms with van der Waals surface area (Å²) in [7, 11) is 0. The number of aliphatic hydroxyl groups is 1. The van der Waals surface area contributed by atoms with Gasteiger partial charge in [0.05, 0.1) is 34.0 Å². The van der Waals surface area contributed by atoms with Crippen molar-refractivity contribution >= 4 is 10.8 Å². The second-order valence-electron chi connectivity index (χ2n) is 7.82. The van der Waals surface area contributed by atoms with Gasteiger partial charge in [-0.15, -0.1) is 0 Å². The van der Waals surface area contributed by atoms with Gasteiger partial charge in [0.25, 0.3) is 0 Å². The van der Waals surface area contributed by atoms with Gasteiger partial charge in [-0.3, -0.25) is 4.57 Å². The van der Waals surface area contributed by atoms with Crippen LogP contribution < -0.4 is 0 Å². The normalized spacial score (nSPS) is 25.2. The van der Waals surface area contributed by atoms with Crippen molar-refractivity contribution in [2.45, 2.75) is 37.4 Å². The summed E-state index contributed by atoms with van der Waals surface area (Å²) in [6, 6.07) is 13.0. The SMILES string of the molecule is C[C@]12CC[C@](CCO)(O1)c1c2c(O)n(-c2ccc(C#N)c3ccccc23)c1O. The number of aliphatic hydroxyl groups excluding tert-OH is 1. The van der Waals surface area contributed by atoms with E-state index in [0.717, 1.165) is 10.8 Å². The van der Waals surface area contributed by atoms with Crippen molar-refractivity contribution in [3.05, 3.63) is 53.1 Å². The Morgan fingerprint density at radius 2 is 1.79 bits per heavy atom. The Labute approximate surface area is 161 Å². The zero-order valence-electron chi connectivity index (χ0n) is 15.4. The first-order valence-corrected chi connectivity index (χ1v) is 9.36. The Morgan fingerprint density at radius 1 is 1.07 bits per heavy atom. The smallest absolute Gasteiger partial charge is 0.205 e. The number of benzene rings is 2. The second-order valence-corrected chi connectivity index (χ2v) is 7.82. The first-order chi connectivity index (χ1) is 13.5. The third-order valence-corrected chi connectivity index (χ3v) is 6.31. The summed E-state index contributed by atoms with van der Waals surface area (Å²) < 4.78 is 7.68. The molecule has 6 heteroatoms. The van der Waals surface area contributed by atoms with Gasteiger partial charge >= 0.3 is 0 Å². The summed E-state index contributed by atoms with van der Waals surface area (Å²) in [5, 5.41) is 42.8. The number of hydrogen-bond acceptors (Lipinski definition) is 5. The highest BCUT2D eigenvalue weighted by Crippen LogP contribution is 2.65. The molecular formula is C22H20N2O4. The predicted molar refractivity (Wildman–Crippen MR) is 102 cm³/mol. The van der Waals surface area contributed by atoms with Crippen molar-refractivity contribution in [2.24, 2.45) is 0 Å². The van der Waals surface area contributed by atoms with Gasteiger partial charge in [-0.05, 0) is 31.9 Å². The fourth-order valence-corrected chi connectivity index (χ4v) is 5.09. The van der Waals surface area contributed by atoms with Gasteiger partial charge in [-0.25, -0.2) is 0 Å². The number of rotatable bonds is 3. The highest BCUT2D eigenvalue weighted by molar-refractivity contribution is 5.95. The van der Waals surface area contributed by atoms with Gasteiger partial charge in [0.15, 0.2) is 0 Å². The first-order valence-electron chi connectivity index (χ1n) is 9.36. The molecule has 5 rings (SSSR count). The molecule has 6 nitrogen and oxygen atoms in total. The van der Waals surface area contributed by atoms with Crippen molar-refractivity contribution in [3.63, 3.8) is 0 Å². The highest BCUT2D eigenvalue weighted by atomic mass is 16.5. The van der Waals surface area contributed by atoms with Crippen LogP contribution in [0, 0.1) is 11.3 Å². The highest BCUT2D eigenvalue weighted by Gasteiger charge is 2.61. The van der Waals surface area contributed by atoms with Crippen molar-refractivity contribution < 1.29 is 20.1 Å². The van der Waals surface area contributed by atoms with Crippen molar-refractivity contribution in [1.29, 1.82) is 5.26 Å². The number of ether oxygens (including phenoxy) is 1. The molecule has 2 aromatic carbocycles. The quantitative estimate of drug-likeness (QED) is 0.649. The summed E-state index contributed by atoms with van der Waals surface area (Å²) in [4.78, 5) is 0. The Morgan fingerprint density at radius 3 is 2.50 bits per heavy atom.